The van der Waals surface area contributed by atoms with E-state index in [1.54, 1.807) is 12.1 Å². The molecule has 0 radical (unpaired) electrons. The summed E-state index contributed by atoms with van der Waals surface area (Å²) in [6.45, 7) is 2.92. The van der Waals surface area contributed by atoms with Gasteiger partial charge in [-0.15, -0.1) is 0 Å². The van der Waals surface area contributed by atoms with Crippen molar-refractivity contribution in [1.29, 1.82) is 0 Å². The molecule has 20 heavy (non-hydrogen) atoms. The van der Waals surface area contributed by atoms with E-state index in [0.717, 1.165) is 0 Å². The Hall–Kier alpha value is -1.31. The molecule has 1 aliphatic rings. The highest BCUT2D eigenvalue weighted by molar-refractivity contribution is 7.89. The van der Waals surface area contributed by atoms with Gasteiger partial charge in [-0.2, -0.15) is 4.31 Å². The Balaban J connectivity index is 2.42. The topological polar surface area (TPSA) is 65.1 Å². The lowest BCUT2D eigenvalue weighted by Crippen LogP contribution is -2.44. The summed E-state index contributed by atoms with van der Waals surface area (Å²) in [5.74, 6) is 0.788. The first kappa shape index (κ1) is 15.1. The molecule has 0 saturated carbocycles. The number of hydrogen-bond acceptors (Lipinski definition) is 5. The number of methoxy groups -OCH3 is 2. The number of ether oxygens (including phenoxy) is 3. The highest BCUT2D eigenvalue weighted by Gasteiger charge is 2.31. The lowest BCUT2D eigenvalue weighted by molar-refractivity contribution is 0.0101. The van der Waals surface area contributed by atoms with E-state index in [-0.39, 0.29) is 11.0 Å². The standard InChI is InChI=1S/C13H19NO5S/c1-10-9-14(6-7-19-10)20(15,16)13-8-11(17-2)4-5-12(13)18-3/h4-5,8,10H,6-7,9H2,1-3H3/t10-/m0/s1. The molecule has 1 aromatic rings. The third kappa shape index (κ3) is 2.89. The van der Waals surface area contributed by atoms with Crippen molar-refractivity contribution in [1.82, 2.24) is 4.31 Å². The molecule has 2 rings (SSSR count). The van der Waals surface area contributed by atoms with Crippen molar-refractivity contribution < 1.29 is 22.6 Å². The van der Waals surface area contributed by atoms with Gasteiger partial charge in [-0.3, -0.25) is 0 Å². The number of benzene rings is 1. The van der Waals surface area contributed by atoms with Crippen molar-refractivity contribution in [2.75, 3.05) is 33.9 Å². The molecule has 112 valence electrons. The molecule has 7 heteroatoms. The van der Waals surface area contributed by atoms with Gasteiger partial charge in [0.25, 0.3) is 0 Å². The van der Waals surface area contributed by atoms with E-state index >= 15 is 0 Å². The molecule has 0 N–H and O–H groups in total. The van der Waals surface area contributed by atoms with Gasteiger partial charge in [-0.05, 0) is 19.1 Å². The molecule has 1 saturated heterocycles. The third-order valence-electron chi connectivity index (χ3n) is 3.19. The molecule has 0 spiro atoms. The molecule has 1 fully saturated rings. The summed E-state index contributed by atoms with van der Waals surface area (Å²) in [7, 11) is -0.680. The Labute approximate surface area is 119 Å². The molecule has 0 aliphatic carbocycles. The van der Waals surface area contributed by atoms with Crippen LogP contribution in [-0.2, 0) is 14.8 Å². The van der Waals surface area contributed by atoms with Crippen molar-refractivity contribution >= 4 is 10.0 Å². The normalized spacial score (nSPS) is 20.6. The summed E-state index contributed by atoms with van der Waals surface area (Å²) in [4.78, 5) is 0.119. The van der Waals surface area contributed by atoms with Crippen LogP contribution in [0.5, 0.6) is 11.5 Å². The molecule has 1 aliphatic heterocycles. The van der Waals surface area contributed by atoms with Gasteiger partial charge < -0.3 is 14.2 Å². The van der Waals surface area contributed by atoms with Gasteiger partial charge in [0, 0.05) is 19.2 Å². The minimum Gasteiger partial charge on any atom is -0.497 e. The van der Waals surface area contributed by atoms with Crippen molar-refractivity contribution in [2.24, 2.45) is 0 Å². The van der Waals surface area contributed by atoms with Gasteiger partial charge in [-0.25, -0.2) is 8.42 Å². The van der Waals surface area contributed by atoms with E-state index < -0.39 is 10.0 Å². The average molecular weight is 301 g/mol. The first-order valence-electron chi connectivity index (χ1n) is 6.33. The Morgan fingerprint density at radius 3 is 2.65 bits per heavy atom. The SMILES string of the molecule is COc1ccc(OC)c(S(=O)(=O)N2CCO[C@@H](C)C2)c1. The smallest absolute Gasteiger partial charge is 0.247 e. The largest absolute Gasteiger partial charge is 0.497 e. The first-order chi connectivity index (χ1) is 9.48. The second-order valence-corrected chi connectivity index (χ2v) is 6.47. The molecular weight excluding hydrogens is 282 g/mol. The van der Waals surface area contributed by atoms with E-state index in [9.17, 15) is 8.42 Å². The Kier molecular flexibility index (Phi) is 4.52. The zero-order valence-electron chi connectivity index (χ0n) is 11.8. The molecule has 0 amide bonds. The molecule has 1 aromatic carbocycles. The van der Waals surface area contributed by atoms with Crippen LogP contribution in [0.25, 0.3) is 0 Å². The zero-order valence-corrected chi connectivity index (χ0v) is 12.6. The van der Waals surface area contributed by atoms with Crippen molar-refractivity contribution in [3.8, 4) is 11.5 Å². The summed E-state index contributed by atoms with van der Waals surface area (Å²) in [5.41, 5.74) is 0. The molecule has 0 unspecified atom stereocenters. The number of sulfonamides is 1. The lowest BCUT2D eigenvalue weighted by atomic mass is 10.3. The Morgan fingerprint density at radius 2 is 2.05 bits per heavy atom. The summed E-state index contributed by atoms with van der Waals surface area (Å²) < 4.78 is 42.5. The Bertz CT molecular complexity index is 572. The van der Waals surface area contributed by atoms with Crippen LogP contribution in [0.4, 0.5) is 0 Å². The summed E-state index contributed by atoms with van der Waals surface area (Å²) in [5, 5.41) is 0. The van der Waals surface area contributed by atoms with E-state index in [1.807, 2.05) is 6.92 Å². The number of hydrogen-bond donors (Lipinski definition) is 0. The quantitative estimate of drug-likeness (QED) is 0.833. The molecular formula is C13H19NO5S. The predicted octanol–water partition coefficient (Wildman–Crippen LogP) is 1.11. The summed E-state index contributed by atoms with van der Waals surface area (Å²) in [6, 6.07) is 4.74. The van der Waals surface area contributed by atoms with Crippen LogP contribution >= 0.6 is 0 Å². The van der Waals surface area contributed by atoms with Gasteiger partial charge >= 0.3 is 0 Å². The monoisotopic (exact) mass is 301 g/mol. The highest BCUT2D eigenvalue weighted by atomic mass is 32.2. The van der Waals surface area contributed by atoms with Crippen LogP contribution in [0.15, 0.2) is 23.1 Å². The van der Waals surface area contributed by atoms with Crippen molar-refractivity contribution in [2.45, 2.75) is 17.9 Å². The molecule has 0 bridgehead atoms. The van der Waals surface area contributed by atoms with Gasteiger partial charge in [-0.1, -0.05) is 0 Å². The van der Waals surface area contributed by atoms with Crippen LogP contribution in [0.1, 0.15) is 6.92 Å². The van der Waals surface area contributed by atoms with Crippen molar-refractivity contribution in [3.05, 3.63) is 18.2 Å². The van der Waals surface area contributed by atoms with Gasteiger partial charge in [0.15, 0.2) is 0 Å². The molecule has 6 nitrogen and oxygen atoms in total. The fourth-order valence-corrected chi connectivity index (χ4v) is 3.80. The Morgan fingerprint density at radius 1 is 1.30 bits per heavy atom. The minimum absolute atomic E-state index is 0.116. The average Bonchev–Trinajstić information content (AvgIpc) is 2.46. The van der Waals surface area contributed by atoms with E-state index in [1.165, 1.54) is 24.6 Å². The lowest BCUT2D eigenvalue weighted by Gasteiger charge is -2.30. The van der Waals surface area contributed by atoms with E-state index in [0.29, 0.717) is 31.2 Å². The van der Waals surface area contributed by atoms with Crippen LogP contribution in [0.3, 0.4) is 0 Å². The third-order valence-corrected chi connectivity index (χ3v) is 5.08. The van der Waals surface area contributed by atoms with Crippen LogP contribution in [0.2, 0.25) is 0 Å². The van der Waals surface area contributed by atoms with Crippen LogP contribution in [-0.4, -0.2) is 52.7 Å². The molecule has 0 aromatic heterocycles. The first-order valence-corrected chi connectivity index (χ1v) is 7.77. The second-order valence-electron chi connectivity index (χ2n) is 4.56. The van der Waals surface area contributed by atoms with Crippen LogP contribution < -0.4 is 9.47 Å². The number of rotatable bonds is 4. The fraction of sp³-hybridized carbons (Fsp3) is 0.538. The van der Waals surface area contributed by atoms with Crippen molar-refractivity contribution in [3.63, 3.8) is 0 Å². The van der Waals surface area contributed by atoms with Crippen LogP contribution in [0, 0.1) is 0 Å². The van der Waals surface area contributed by atoms with Gasteiger partial charge in [0.2, 0.25) is 10.0 Å². The zero-order chi connectivity index (χ0) is 14.8. The summed E-state index contributed by atoms with van der Waals surface area (Å²) >= 11 is 0. The minimum atomic E-state index is -3.62. The second kappa shape index (κ2) is 5.99. The summed E-state index contributed by atoms with van der Waals surface area (Å²) in [6.07, 6.45) is -0.116. The molecule has 1 heterocycles. The maximum Gasteiger partial charge on any atom is 0.247 e. The maximum absolute atomic E-state index is 12.7. The fourth-order valence-electron chi connectivity index (χ4n) is 2.13. The number of nitrogens with zero attached hydrogens (tertiary/aromatic N) is 1. The van der Waals surface area contributed by atoms with E-state index in [2.05, 4.69) is 0 Å². The maximum atomic E-state index is 12.7. The predicted molar refractivity (Wildman–Crippen MR) is 73.7 cm³/mol. The van der Waals surface area contributed by atoms with Gasteiger partial charge in [0.05, 0.1) is 26.9 Å². The number of morpholine rings is 1. The van der Waals surface area contributed by atoms with E-state index in [4.69, 9.17) is 14.2 Å². The van der Waals surface area contributed by atoms with Gasteiger partial charge in [0.1, 0.15) is 16.4 Å². The highest BCUT2D eigenvalue weighted by Crippen LogP contribution is 2.31. The molecule has 1 atom stereocenters.